The molecule has 1 amide bonds. The molecule has 0 unspecified atom stereocenters. The number of aryl methyl sites for hydroxylation is 1. The SMILES string of the molecule is Cc1ccc2nc(-c3ccc(NC(=O)C=Cc4ccc(Cl)cc4)cc3)sc2c1. The van der Waals surface area contributed by atoms with Crippen molar-refractivity contribution in [1.29, 1.82) is 0 Å². The number of carbonyl (C=O) groups excluding carboxylic acids is 1. The van der Waals surface area contributed by atoms with Crippen molar-refractivity contribution in [2.24, 2.45) is 0 Å². The van der Waals surface area contributed by atoms with Gasteiger partial charge < -0.3 is 5.32 Å². The lowest BCUT2D eigenvalue weighted by molar-refractivity contribution is -0.111. The summed E-state index contributed by atoms with van der Waals surface area (Å²) in [5.41, 5.74) is 4.93. The molecule has 0 radical (unpaired) electrons. The van der Waals surface area contributed by atoms with Gasteiger partial charge in [0.1, 0.15) is 5.01 Å². The maximum absolute atomic E-state index is 12.1. The molecule has 3 aromatic carbocycles. The summed E-state index contributed by atoms with van der Waals surface area (Å²) in [5.74, 6) is -0.182. The van der Waals surface area contributed by atoms with Gasteiger partial charge in [0, 0.05) is 22.3 Å². The highest BCUT2D eigenvalue weighted by Crippen LogP contribution is 2.31. The average Bonchev–Trinajstić information content (AvgIpc) is 3.11. The third-order valence-corrected chi connectivity index (χ3v) is 5.56. The Morgan fingerprint density at radius 1 is 1.04 bits per heavy atom. The van der Waals surface area contributed by atoms with E-state index in [1.165, 1.54) is 16.3 Å². The van der Waals surface area contributed by atoms with Crippen molar-refractivity contribution in [3.8, 4) is 10.6 Å². The highest BCUT2D eigenvalue weighted by Gasteiger charge is 2.07. The molecule has 4 rings (SSSR count). The van der Waals surface area contributed by atoms with E-state index < -0.39 is 0 Å². The smallest absolute Gasteiger partial charge is 0.248 e. The lowest BCUT2D eigenvalue weighted by atomic mass is 10.2. The summed E-state index contributed by atoms with van der Waals surface area (Å²) in [4.78, 5) is 16.8. The first-order valence-corrected chi connectivity index (χ1v) is 9.98. The number of hydrogen-bond donors (Lipinski definition) is 1. The van der Waals surface area contributed by atoms with Crippen molar-refractivity contribution in [1.82, 2.24) is 4.98 Å². The molecule has 0 aliphatic carbocycles. The number of hydrogen-bond acceptors (Lipinski definition) is 3. The van der Waals surface area contributed by atoms with Crippen molar-refractivity contribution in [3.05, 3.63) is 89.0 Å². The Labute approximate surface area is 172 Å². The molecule has 0 aliphatic heterocycles. The molecular formula is C23H17ClN2OS. The quantitative estimate of drug-likeness (QED) is 0.390. The Balaban J connectivity index is 1.45. The maximum Gasteiger partial charge on any atom is 0.248 e. The first-order chi connectivity index (χ1) is 13.6. The molecule has 1 N–H and O–H groups in total. The largest absolute Gasteiger partial charge is 0.323 e. The minimum atomic E-state index is -0.182. The van der Waals surface area contributed by atoms with Crippen LogP contribution in [-0.2, 0) is 4.79 Å². The van der Waals surface area contributed by atoms with Gasteiger partial charge in [-0.2, -0.15) is 0 Å². The van der Waals surface area contributed by atoms with Gasteiger partial charge in [0.2, 0.25) is 5.91 Å². The zero-order valence-electron chi connectivity index (χ0n) is 15.1. The third-order valence-electron chi connectivity index (χ3n) is 4.24. The Bertz CT molecular complexity index is 1160. The lowest BCUT2D eigenvalue weighted by Crippen LogP contribution is -2.07. The van der Waals surface area contributed by atoms with Crippen LogP contribution in [0.1, 0.15) is 11.1 Å². The van der Waals surface area contributed by atoms with Gasteiger partial charge in [0.05, 0.1) is 10.2 Å². The van der Waals surface area contributed by atoms with Crippen LogP contribution in [0, 0.1) is 6.92 Å². The van der Waals surface area contributed by atoms with Crippen LogP contribution in [0.5, 0.6) is 0 Å². The summed E-state index contributed by atoms with van der Waals surface area (Å²) in [7, 11) is 0. The first-order valence-electron chi connectivity index (χ1n) is 8.79. The number of anilines is 1. The number of rotatable bonds is 4. The molecule has 3 nitrogen and oxygen atoms in total. The fourth-order valence-electron chi connectivity index (χ4n) is 2.78. The zero-order valence-corrected chi connectivity index (χ0v) is 16.7. The van der Waals surface area contributed by atoms with E-state index in [1.54, 1.807) is 29.5 Å². The van der Waals surface area contributed by atoms with Crippen LogP contribution in [0.25, 0.3) is 26.9 Å². The van der Waals surface area contributed by atoms with E-state index in [0.717, 1.165) is 27.3 Å². The standard InChI is InChI=1S/C23H17ClN2OS/c1-15-2-12-20-21(14-15)28-23(26-20)17-6-10-19(11-7-17)25-22(27)13-5-16-3-8-18(24)9-4-16/h2-14H,1H3,(H,25,27). The van der Waals surface area contributed by atoms with Crippen LogP contribution in [0.3, 0.4) is 0 Å². The van der Waals surface area contributed by atoms with E-state index >= 15 is 0 Å². The third kappa shape index (κ3) is 4.30. The molecule has 0 aliphatic rings. The zero-order chi connectivity index (χ0) is 19.5. The monoisotopic (exact) mass is 404 g/mol. The fraction of sp³-hybridized carbons (Fsp3) is 0.0435. The van der Waals surface area contributed by atoms with E-state index in [4.69, 9.17) is 16.6 Å². The van der Waals surface area contributed by atoms with Crippen molar-refractivity contribution in [3.63, 3.8) is 0 Å². The number of amides is 1. The second-order valence-electron chi connectivity index (χ2n) is 6.44. The minimum Gasteiger partial charge on any atom is -0.323 e. The molecule has 0 atom stereocenters. The summed E-state index contributed by atoms with van der Waals surface area (Å²) >= 11 is 7.53. The maximum atomic E-state index is 12.1. The molecule has 0 fully saturated rings. The molecule has 28 heavy (non-hydrogen) atoms. The van der Waals surface area contributed by atoms with Crippen LogP contribution in [0.15, 0.2) is 72.8 Å². The van der Waals surface area contributed by atoms with Gasteiger partial charge >= 0.3 is 0 Å². The number of carbonyl (C=O) groups is 1. The Morgan fingerprint density at radius 3 is 2.54 bits per heavy atom. The predicted octanol–water partition coefficient (Wildman–Crippen LogP) is 6.58. The highest BCUT2D eigenvalue weighted by atomic mass is 35.5. The fourth-order valence-corrected chi connectivity index (χ4v) is 3.98. The Morgan fingerprint density at radius 2 is 1.79 bits per heavy atom. The second kappa shape index (κ2) is 7.97. The molecule has 4 aromatic rings. The van der Waals surface area contributed by atoms with Gasteiger partial charge in [-0.1, -0.05) is 29.8 Å². The molecule has 0 spiro atoms. The van der Waals surface area contributed by atoms with Crippen molar-refractivity contribution in [2.75, 3.05) is 5.32 Å². The van der Waals surface area contributed by atoms with Gasteiger partial charge in [0.15, 0.2) is 0 Å². The van der Waals surface area contributed by atoms with E-state index in [-0.39, 0.29) is 5.91 Å². The molecule has 138 valence electrons. The summed E-state index contributed by atoms with van der Waals surface area (Å²) in [6.07, 6.45) is 3.26. The van der Waals surface area contributed by atoms with Crippen molar-refractivity contribution in [2.45, 2.75) is 6.92 Å². The highest BCUT2D eigenvalue weighted by molar-refractivity contribution is 7.21. The summed E-state index contributed by atoms with van der Waals surface area (Å²) in [5, 5.41) is 4.51. The van der Waals surface area contributed by atoms with Crippen molar-refractivity contribution >= 4 is 50.8 Å². The molecule has 0 bridgehead atoms. The first kappa shape index (κ1) is 18.4. The summed E-state index contributed by atoms with van der Waals surface area (Å²) < 4.78 is 1.18. The van der Waals surface area contributed by atoms with E-state index in [0.29, 0.717) is 5.02 Å². The molecular weight excluding hydrogens is 388 g/mol. The molecule has 1 aromatic heterocycles. The number of benzene rings is 3. The number of nitrogens with one attached hydrogen (secondary N) is 1. The number of fused-ring (bicyclic) bond motifs is 1. The van der Waals surface area contributed by atoms with E-state index in [9.17, 15) is 4.79 Å². The van der Waals surface area contributed by atoms with Gasteiger partial charge in [-0.05, 0) is 72.7 Å². The van der Waals surface area contributed by atoms with Crippen LogP contribution in [0.2, 0.25) is 5.02 Å². The van der Waals surface area contributed by atoms with Gasteiger partial charge in [-0.25, -0.2) is 4.98 Å². The second-order valence-corrected chi connectivity index (χ2v) is 7.91. The molecule has 5 heteroatoms. The van der Waals surface area contributed by atoms with E-state index in [2.05, 4.69) is 24.4 Å². The van der Waals surface area contributed by atoms with Gasteiger partial charge in [-0.3, -0.25) is 4.79 Å². The summed E-state index contributed by atoms with van der Waals surface area (Å²) in [6.45, 7) is 2.08. The number of aromatic nitrogens is 1. The molecule has 0 saturated heterocycles. The van der Waals surface area contributed by atoms with E-state index in [1.807, 2.05) is 42.5 Å². The normalized spacial score (nSPS) is 11.2. The predicted molar refractivity (Wildman–Crippen MR) is 119 cm³/mol. The van der Waals surface area contributed by atoms with Crippen LogP contribution in [0.4, 0.5) is 5.69 Å². The van der Waals surface area contributed by atoms with Crippen LogP contribution in [-0.4, -0.2) is 10.9 Å². The van der Waals surface area contributed by atoms with Gasteiger partial charge in [-0.15, -0.1) is 11.3 Å². The number of thiazole rings is 1. The Kier molecular flexibility index (Phi) is 5.24. The van der Waals surface area contributed by atoms with Crippen molar-refractivity contribution < 1.29 is 4.79 Å². The number of halogens is 1. The lowest BCUT2D eigenvalue weighted by Gasteiger charge is -2.03. The molecule has 0 saturated carbocycles. The van der Waals surface area contributed by atoms with Crippen LogP contribution < -0.4 is 5.32 Å². The minimum absolute atomic E-state index is 0.182. The van der Waals surface area contributed by atoms with Crippen LogP contribution >= 0.6 is 22.9 Å². The van der Waals surface area contributed by atoms with Gasteiger partial charge in [0.25, 0.3) is 0 Å². The topological polar surface area (TPSA) is 42.0 Å². The summed E-state index contributed by atoms with van der Waals surface area (Å²) in [6, 6.07) is 21.3. The molecule has 1 heterocycles. The average molecular weight is 405 g/mol. The number of nitrogens with zero attached hydrogens (tertiary/aromatic N) is 1. The Hall–Kier alpha value is -2.95.